The monoisotopic (exact) mass is 280 g/mol. The first-order chi connectivity index (χ1) is 8.97. The lowest BCUT2D eigenvalue weighted by molar-refractivity contribution is 0.307. The summed E-state index contributed by atoms with van der Waals surface area (Å²) in [6.07, 6.45) is 0. The van der Waals surface area contributed by atoms with Crippen molar-refractivity contribution in [2.24, 2.45) is 0 Å². The minimum Gasteiger partial charge on any atom is -0.262 e. The number of hydrogen-bond acceptors (Lipinski definition) is 3. The van der Waals surface area contributed by atoms with Crippen molar-refractivity contribution in [2.75, 3.05) is 0 Å². The first-order valence-electron chi connectivity index (χ1n) is 5.68. The number of benzene rings is 2. The van der Waals surface area contributed by atoms with E-state index in [-0.39, 0.29) is 11.5 Å². The molecular formula is C14H13FO3S. The Labute approximate surface area is 111 Å². The molecule has 0 unspecified atom stereocenters. The molecule has 0 bridgehead atoms. The number of hydrogen-bond donors (Lipinski definition) is 0. The molecule has 0 N–H and O–H groups in total. The van der Waals surface area contributed by atoms with Gasteiger partial charge in [-0.15, -0.1) is 0 Å². The normalized spacial score (nSPS) is 11.5. The second-order valence-electron chi connectivity index (χ2n) is 4.16. The van der Waals surface area contributed by atoms with Crippen molar-refractivity contribution < 1.29 is 17.0 Å². The molecule has 19 heavy (non-hydrogen) atoms. The minimum atomic E-state index is -3.81. The van der Waals surface area contributed by atoms with Crippen molar-refractivity contribution in [2.45, 2.75) is 18.4 Å². The summed E-state index contributed by atoms with van der Waals surface area (Å²) in [5.74, 6) is -0.422. The highest BCUT2D eigenvalue weighted by Gasteiger charge is 2.14. The van der Waals surface area contributed by atoms with Crippen LogP contribution in [0.1, 0.15) is 11.1 Å². The summed E-state index contributed by atoms with van der Waals surface area (Å²) in [4.78, 5) is 0.0921. The Hall–Kier alpha value is -1.72. The predicted molar refractivity (Wildman–Crippen MR) is 69.6 cm³/mol. The summed E-state index contributed by atoms with van der Waals surface area (Å²) >= 11 is 0. The molecule has 0 heterocycles. The predicted octanol–water partition coefficient (Wildman–Crippen LogP) is 3.04. The Morgan fingerprint density at radius 3 is 2.42 bits per heavy atom. The van der Waals surface area contributed by atoms with Crippen LogP contribution in [-0.2, 0) is 20.9 Å². The van der Waals surface area contributed by atoms with E-state index in [2.05, 4.69) is 0 Å². The Balaban J connectivity index is 2.12. The smallest absolute Gasteiger partial charge is 0.262 e. The summed E-state index contributed by atoms with van der Waals surface area (Å²) < 4.78 is 41.6. The lowest BCUT2D eigenvalue weighted by atomic mass is 10.2. The molecule has 0 amide bonds. The van der Waals surface area contributed by atoms with E-state index in [1.54, 1.807) is 18.2 Å². The van der Waals surface area contributed by atoms with Gasteiger partial charge in [-0.25, -0.2) is 4.39 Å². The molecule has 0 spiro atoms. The van der Waals surface area contributed by atoms with Crippen LogP contribution in [-0.4, -0.2) is 8.42 Å². The lowest BCUT2D eigenvalue weighted by Gasteiger charge is -2.06. The van der Waals surface area contributed by atoms with Gasteiger partial charge in [0.15, 0.2) is 0 Å². The average Bonchev–Trinajstić information content (AvgIpc) is 2.37. The summed E-state index contributed by atoms with van der Waals surface area (Å²) in [5.41, 5.74) is 1.43. The van der Waals surface area contributed by atoms with Crippen LogP contribution in [0.5, 0.6) is 0 Å². The second kappa shape index (κ2) is 5.50. The molecule has 2 aromatic carbocycles. The topological polar surface area (TPSA) is 43.4 Å². The van der Waals surface area contributed by atoms with Crippen LogP contribution in [0.2, 0.25) is 0 Å². The Morgan fingerprint density at radius 2 is 1.79 bits per heavy atom. The molecule has 5 heteroatoms. The highest BCUT2D eigenvalue weighted by atomic mass is 32.2. The molecule has 0 fully saturated rings. The Morgan fingerprint density at radius 1 is 1.11 bits per heavy atom. The zero-order chi connectivity index (χ0) is 13.9. The number of rotatable bonds is 4. The maximum absolute atomic E-state index is 12.9. The van der Waals surface area contributed by atoms with E-state index < -0.39 is 15.9 Å². The molecule has 0 atom stereocenters. The first kappa shape index (κ1) is 13.7. The molecule has 0 aromatic heterocycles. The summed E-state index contributed by atoms with van der Waals surface area (Å²) in [6.45, 7) is 1.68. The van der Waals surface area contributed by atoms with Gasteiger partial charge in [-0.05, 0) is 36.8 Å². The van der Waals surface area contributed by atoms with Crippen molar-refractivity contribution in [3.63, 3.8) is 0 Å². The van der Waals surface area contributed by atoms with Gasteiger partial charge in [0, 0.05) is 0 Å². The molecule has 2 rings (SSSR count). The Bertz CT molecular complexity index is 663. The molecule has 0 aliphatic carbocycles. The highest BCUT2D eigenvalue weighted by molar-refractivity contribution is 7.86. The third-order valence-electron chi connectivity index (χ3n) is 2.58. The fourth-order valence-corrected chi connectivity index (χ4v) is 2.44. The maximum Gasteiger partial charge on any atom is 0.297 e. The van der Waals surface area contributed by atoms with Gasteiger partial charge in [0.25, 0.3) is 10.1 Å². The van der Waals surface area contributed by atoms with Gasteiger partial charge in [-0.3, -0.25) is 4.18 Å². The van der Waals surface area contributed by atoms with Crippen LogP contribution in [0.3, 0.4) is 0 Å². The van der Waals surface area contributed by atoms with E-state index in [0.29, 0.717) is 5.56 Å². The van der Waals surface area contributed by atoms with Gasteiger partial charge in [-0.2, -0.15) is 8.42 Å². The standard InChI is InChI=1S/C14H13FO3S/c1-11-5-7-14(8-6-11)19(16,17)18-10-12-3-2-4-13(15)9-12/h2-9H,10H2,1H3. The zero-order valence-electron chi connectivity index (χ0n) is 10.3. The average molecular weight is 280 g/mol. The maximum atomic E-state index is 12.9. The van der Waals surface area contributed by atoms with Crippen molar-refractivity contribution in [1.29, 1.82) is 0 Å². The molecule has 0 aliphatic rings. The van der Waals surface area contributed by atoms with E-state index in [9.17, 15) is 12.8 Å². The number of halogens is 1. The third kappa shape index (κ3) is 3.62. The van der Waals surface area contributed by atoms with Gasteiger partial charge >= 0.3 is 0 Å². The van der Waals surface area contributed by atoms with Crippen LogP contribution >= 0.6 is 0 Å². The summed E-state index contributed by atoms with van der Waals surface area (Å²) in [7, 11) is -3.81. The van der Waals surface area contributed by atoms with Crippen LogP contribution in [0.25, 0.3) is 0 Å². The second-order valence-corrected chi connectivity index (χ2v) is 5.77. The van der Waals surface area contributed by atoms with E-state index in [0.717, 1.165) is 5.56 Å². The molecule has 3 nitrogen and oxygen atoms in total. The lowest BCUT2D eigenvalue weighted by Crippen LogP contribution is -2.06. The van der Waals surface area contributed by atoms with Crippen LogP contribution in [0.4, 0.5) is 4.39 Å². The molecule has 0 saturated heterocycles. The molecule has 100 valence electrons. The fourth-order valence-electron chi connectivity index (χ4n) is 1.55. The minimum absolute atomic E-state index is 0.0921. The first-order valence-corrected chi connectivity index (χ1v) is 7.09. The number of aryl methyl sites for hydroxylation is 1. The molecule has 0 radical (unpaired) electrons. The van der Waals surface area contributed by atoms with Crippen molar-refractivity contribution in [1.82, 2.24) is 0 Å². The largest absolute Gasteiger partial charge is 0.297 e. The molecular weight excluding hydrogens is 267 g/mol. The molecule has 0 saturated carbocycles. The van der Waals surface area contributed by atoms with Gasteiger partial charge < -0.3 is 0 Å². The van der Waals surface area contributed by atoms with Crippen molar-refractivity contribution in [3.8, 4) is 0 Å². The van der Waals surface area contributed by atoms with Gasteiger partial charge in [0.05, 0.1) is 11.5 Å². The van der Waals surface area contributed by atoms with Gasteiger partial charge in [0.2, 0.25) is 0 Å². The summed E-state index contributed by atoms with van der Waals surface area (Å²) in [5, 5.41) is 0. The van der Waals surface area contributed by atoms with E-state index in [1.807, 2.05) is 6.92 Å². The van der Waals surface area contributed by atoms with Gasteiger partial charge in [0.1, 0.15) is 5.82 Å². The zero-order valence-corrected chi connectivity index (χ0v) is 11.2. The van der Waals surface area contributed by atoms with Crippen LogP contribution in [0, 0.1) is 12.7 Å². The van der Waals surface area contributed by atoms with Crippen LogP contribution in [0.15, 0.2) is 53.4 Å². The molecule has 0 aliphatic heterocycles. The Kier molecular flexibility index (Phi) is 3.97. The third-order valence-corrected chi connectivity index (χ3v) is 3.86. The van der Waals surface area contributed by atoms with Crippen molar-refractivity contribution in [3.05, 3.63) is 65.5 Å². The fraction of sp³-hybridized carbons (Fsp3) is 0.143. The summed E-state index contributed by atoms with van der Waals surface area (Å²) in [6, 6.07) is 12.0. The van der Waals surface area contributed by atoms with Crippen molar-refractivity contribution >= 4 is 10.1 Å². The SMILES string of the molecule is Cc1ccc(S(=O)(=O)OCc2cccc(F)c2)cc1. The van der Waals surface area contributed by atoms with E-state index in [1.165, 1.54) is 30.3 Å². The van der Waals surface area contributed by atoms with E-state index >= 15 is 0 Å². The van der Waals surface area contributed by atoms with Crippen LogP contribution < -0.4 is 0 Å². The van der Waals surface area contributed by atoms with E-state index in [4.69, 9.17) is 4.18 Å². The van der Waals surface area contributed by atoms with Gasteiger partial charge in [-0.1, -0.05) is 29.8 Å². The highest BCUT2D eigenvalue weighted by Crippen LogP contribution is 2.15. The molecule has 2 aromatic rings. The quantitative estimate of drug-likeness (QED) is 0.808.